The molecule has 0 aromatic carbocycles. The number of allylic oxidation sites excluding steroid dienone is 3. The number of likely N-dealkylation sites (tertiary alicyclic amines) is 1. The summed E-state index contributed by atoms with van der Waals surface area (Å²) in [5, 5.41) is 0. The molecule has 0 bridgehead atoms. The molecule has 2 heteroatoms. The van der Waals surface area contributed by atoms with Gasteiger partial charge in [-0.15, -0.1) is 0 Å². The first-order valence-electron chi connectivity index (χ1n) is 7.56. The van der Waals surface area contributed by atoms with Crippen LogP contribution in [0.4, 0.5) is 0 Å². The predicted molar refractivity (Wildman–Crippen MR) is 83.2 cm³/mol. The normalized spacial score (nSPS) is 20.2. The van der Waals surface area contributed by atoms with Gasteiger partial charge in [0.15, 0.2) is 0 Å². The minimum atomic E-state index is 0.605. The molecule has 1 saturated heterocycles. The van der Waals surface area contributed by atoms with Gasteiger partial charge in [-0.3, -0.25) is 0 Å². The van der Waals surface area contributed by atoms with Crippen molar-refractivity contribution in [3.8, 4) is 0 Å². The van der Waals surface area contributed by atoms with E-state index in [-0.39, 0.29) is 0 Å². The maximum Gasteiger partial charge on any atom is 0.0885 e. The van der Waals surface area contributed by atoms with E-state index in [9.17, 15) is 0 Å². The molecule has 110 valence electrons. The van der Waals surface area contributed by atoms with Crippen LogP contribution in [-0.4, -0.2) is 31.1 Å². The van der Waals surface area contributed by atoms with E-state index in [0.717, 1.165) is 12.2 Å². The number of rotatable bonds is 6. The Morgan fingerprint density at radius 1 is 1.16 bits per heavy atom. The SMILES string of the molecule is CO/C(C)=C/CC(C(C)=C(C)C)C(C)N1CCCC1. The minimum absolute atomic E-state index is 0.605. The van der Waals surface area contributed by atoms with Gasteiger partial charge in [-0.2, -0.15) is 0 Å². The van der Waals surface area contributed by atoms with Crippen molar-refractivity contribution in [2.45, 2.75) is 59.9 Å². The molecule has 0 N–H and O–H groups in total. The van der Waals surface area contributed by atoms with Crippen molar-refractivity contribution in [2.75, 3.05) is 20.2 Å². The average Bonchev–Trinajstić information content (AvgIpc) is 2.91. The lowest BCUT2D eigenvalue weighted by Crippen LogP contribution is -2.37. The van der Waals surface area contributed by atoms with Crippen molar-refractivity contribution < 1.29 is 4.74 Å². The maximum atomic E-state index is 5.28. The lowest BCUT2D eigenvalue weighted by Gasteiger charge is -2.32. The minimum Gasteiger partial charge on any atom is -0.502 e. The van der Waals surface area contributed by atoms with Crippen molar-refractivity contribution in [2.24, 2.45) is 5.92 Å². The number of hydrogen-bond acceptors (Lipinski definition) is 2. The molecule has 1 fully saturated rings. The number of methoxy groups -OCH3 is 1. The summed E-state index contributed by atoms with van der Waals surface area (Å²) >= 11 is 0. The summed E-state index contributed by atoms with van der Waals surface area (Å²) in [5.41, 5.74) is 3.00. The van der Waals surface area contributed by atoms with Crippen molar-refractivity contribution in [1.29, 1.82) is 0 Å². The smallest absolute Gasteiger partial charge is 0.0885 e. The molecule has 0 saturated carbocycles. The fourth-order valence-corrected chi connectivity index (χ4v) is 2.89. The van der Waals surface area contributed by atoms with Crippen molar-refractivity contribution in [3.05, 3.63) is 23.0 Å². The highest BCUT2D eigenvalue weighted by atomic mass is 16.5. The second-order valence-corrected chi connectivity index (χ2v) is 6.03. The molecule has 2 unspecified atom stereocenters. The fraction of sp³-hybridized carbons (Fsp3) is 0.765. The average molecular weight is 265 g/mol. The van der Waals surface area contributed by atoms with E-state index in [1.807, 2.05) is 6.92 Å². The second-order valence-electron chi connectivity index (χ2n) is 6.03. The first-order valence-corrected chi connectivity index (χ1v) is 7.56. The molecule has 0 spiro atoms. The Hall–Kier alpha value is -0.760. The highest BCUT2D eigenvalue weighted by molar-refractivity contribution is 5.15. The molecular formula is C17H31NO. The standard InChI is InChI=1S/C17H31NO/c1-13(2)15(4)17(10-9-14(3)19-6)16(5)18-11-7-8-12-18/h9,16-17H,7-8,10-12H2,1-6H3/b14-9+. The van der Waals surface area contributed by atoms with Gasteiger partial charge in [0.25, 0.3) is 0 Å². The zero-order valence-electron chi connectivity index (χ0n) is 13.6. The van der Waals surface area contributed by atoms with E-state index in [4.69, 9.17) is 4.74 Å². The summed E-state index contributed by atoms with van der Waals surface area (Å²) in [7, 11) is 1.75. The van der Waals surface area contributed by atoms with E-state index in [0.29, 0.717) is 12.0 Å². The molecule has 2 atom stereocenters. The molecule has 0 radical (unpaired) electrons. The Kier molecular flexibility index (Phi) is 6.64. The first-order chi connectivity index (χ1) is 8.97. The van der Waals surface area contributed by atoms with Crippen LogP contribution in [0.3, 0.4) is 0 Å². The van der Waals surface area contributed by atoms with E-state index in [2.05, 4.69) is 38.7 Å². The van der Waals surface area contributed by atoms with Crippen LogP contribution in [0, 0.1) is 5.92 Å². The molecule has 1 heterocycles. The quantitative estimate of drug-likeness (QED) is 0.522. The maximum absolute atomic E-state index is 5.28. The van der Waals surface area contributed by atoms with Gasteiger partial charge in [0.05, 0.1) is 12.9 Å². The van der Waals surface area contributed by atoms with Gasteiger partial charge in [-0.05, 0) is 79.0 Å². The second kappa shape index (κ2) is 7.74. The molecule has 0 amide bonds. The van der Waals surface area contributed by atoms with Gasteiger partial charge in [0, 0.05) is 6.04 Å². The van der Waals surface area contributed by atoms with Gasteiger partial charge < -0.3 is 9.64 Å². The lowest BCUT2D eigenvalue weighted by atomic mass is 9.86. The zero-order valence-corrected chi connectivity index (χ0v) is 13.6. The van der Waals surface area contributed by atoms with Crippen molar-refractivity contribution in [1.82, 2.24) is 4.90 Å². The van der Waals surface area contributed by atoms with Crippen LogP contribution in [0.1, 0.15) is 53.9 Å². The van der Waals surface area contributed by atoms with Crippen LogP contribution in [0.25, 0.3) is 0 Å². The Bertz CT molecular complexity index is 333. The zero-order chi connectivity index (χ0) is 14.4. The molecule has 0 aromatic heterocycles. The summed E-state index contributed by atoms with van der Waals surface area (Å²) in [6.07, 6.45) is 6.04. The molecule has 0 aromatic rings. The molecule has 1 aliphatic heterocycles. The number of nitrogens with zero attached hydrogens (tertiary/aromatic N) is 1. The number of ether oxygens (including phenoxy) is 1. The van der Waals surface area contributed by atoms with Gasteiger partial charge in [-0.25, -0.2) is 0 Å². The van der Waals surface area contributed by atoms with E-state index in [1.165, 1.54) is 31.5 Å². The van der Waals surface area contributed by atoms with E-state index < -0.39 is 0 Å². The monoisotopic (exact) mass is 265 g/mol. The van der Waals surface area contributed by atoms with Gasteiger partial charge in [0.2, 0.25) is 0 Å². The third kappa shape index (κ3) is 4.68. The summed E-state index contributed by atoms with van der Waals surface area (Å²) in [6.45, 7) is 13.7. The predicted octanol–water partition coefficient (Wildman–Crippen LogP) is 4.38. The highest BCUT2D eigenvalue weighted by Gasteiger charge is 2.26. The van der Waals surface area contributed by atoms with Crippen molar-refractivity contribution in [3.63, 3.8) is 0 Å². The molecule has 1 rings (SSSR count). The first kappa shape index (κ1) is 16.3. The largest absolute Gasteiger partial charge is 0.502 e. The van der Waals surface area contributed by atoms with Crippen molar-refractivity contribution >= 4 is 0 Å². The topological polar surface area (TPSA) is 12.5 Å². The van der Waals surface area contributed by atoms with E-state index >= 15 is 0 Å². The summed E-state index contributed by atoms with van der Waals surface area (Å²) in [4.78, 5) is 2.65. The van der Waals surface area contributed by atoms with Crippen LogP contribution >= 0.6 is 0 Å². The molecule has 2 nitrogen and oxygen atoms in total. The van der Waals surface area contributed by atoms with Crippen LogP contribution in [0.2, 0.25) is 0 Å². The third-order valence-electron chi connectivity index (χ3n) is 4.63. The fourth-order valence-electron chi connectivity index (χ4n) is 2.89. The highest BCUT2D eigenvalue weighted by Crippen LogP contribution is 2.28. The molecule has 19 heavy (non-hydrogen) atoms. The third-order valence-corrected chi connectivity index (χ3v) is 4.63. The van der Waals surface area contributed by atoms with Crippen LogP contribution in [0.5, 0.6) is 0 Å². The molecular weight excluding hydrogens is 234 g/mol. The van der Waals surface area contributed by atoms with Gasteiger partial charge >= 0.3 is 0 Å². The molecule has 0 aliphatic carbocycles. The molecule has 1 aliphatic rings. The Morgan fingerprint density at radius 3 is 2.21 bits per heavy atom. The Labute approximate surface area is 119 Å². The Morgan fingerprint density at radius 2 is 1.74 bits per heavy atom. The van der Waals surface area contributed by atoms with E-state index in [1.54, 1.807) is 12.7 Å². The van der Waals surface area contributed by atoms with Crippen LogP contribution in [0.15, 0.2) is 23.0 Å². The summed E-state index contributed by atoms with van der Waals surface area (Å²) in [6, 6.07) is 0.623. The van der Waals surface area contributed by atoms with Crippen LogP contribution in [-0.2, 0) is 4.74 Å². The lowest BCUT2D eigenvalue weighted by molar-refractivity contribution is 0.205. The van der Waals surface area contributed by atoms with Gasteiger partial charge in [0.1, 0.15) is 0 Å². The summed E-state index contributed by atoms with van der Waals surface area (Å²) < 4.78 is 5.28. The Balaban J connectivity index is 2.82. The summed E-state index contributed by atoms with van der Waals surface area (Å²) in [5.74, 6) is 1.63. The number of hydrogen-bond donors (Lipinski definition) is 0. The van der Waals surface area contributed by atoms with Gasteiger partial charge in [-0.1, -0.05) is 11.1 Å². The van der Waals surface area contributed by atoms with Crippen LogP contribution < -0.4 is 0 Å².